The van der Waals surface area contributed by atoms with E-state index >= 15 is 0 Å². The quantitative estimate of drug-likeness (QED) is 0.687. The van der Waals surface area contributed by atoms with Crippen molar-refractivity contribution in [1.82, 2.24) is 10.3 Å². The van der Waals surface area contributed by atoms with Crippen molar-refractivity contribution in [2.45, 2.75) is 31.2 Å². The Kier molecular flexibility index (Phi) is 5.56. The maximum Gasteiger partial charge on any atom is 0.220 e. The van der Waals surface area contributed by atoms with Gasteiger partial charge in [-0.15, -0.1) is 0 Å². The van der Waals surface area contributed by atoms with Crippen molar-refractivity contribution in [1.29, 1.82) is 0 Å². The number of benzene rings is 2. The zero-order chi connectivity index (χ0) is 20.2. The van der Waals surface area contributed by atoms with Crippen LogP contribution in [0.5, 0.6) is 5.75 Å². The first-order valence-electron chi connectivity index (χ1n) is 9.80. The number of amides is 1. The lowest BCUT2D eigenvalue weighted by Gasteiger charge is -2.31. The Morgan fingerprint density at radius 2 is 1.83 bits per heavy atom. The molecule has 1 fully saturated rings. The van der Waals surface area contributed by atoms with Gasteiger partial charge in [0.1, 0.15) is 11.6 Å². The fraction of sp³-hybridized carbons (Fsp3) is 0.250. The number of hydrogen-bond acceptors (Lipinski definition) is 3. The second kappa shape index (κ2) is 8.43. The average Bonchev–Trinajstić information content (AvgIpc) is 2.76. The predicted molar refractivity (Wildman–Crippen MR) is 110 cm³/mol. The summed E-state index contributed by atoms with van der Waals surface area (Å²) < 4.78 is 18.7. The molecule has 4 nitrogen and oxygen atoms in total. The summed E-state index contributed by atoms with van der Waals surface area (Å²) in [7, 11) is 1.64. The van der Waals surface area contributed by atoms with Crippen LogP contribution >= 0.6 is 0 Å². The molecule has 1 aromatic heterocycles. The molecule has 2 heterocycles. The summed E-state index contributed by atoms with van der Waals surface area (Å²) in [5.41, 5.74) is 3.63. The molecule has 0 spiro atoms. The first kappa shape index (κ1) is 19.1. The van der Waals surface area contributed by atoms with Crippen LogP contribution < -0.4 is 10.1 Å². The number of rotatable bonds is 5. The normalized spacial score (nSPS) is 17.4. The third-order valence-electron chi connectivity index (χ3n) is 5.37. The van der Waals surface area contributed by atoms with Gasteiger partial charge in [-0.05, 0) is 66.9 Å². The average molecular weight is 390 g/mol. The largest absolute Gasteiger partial charge is 0.497 e. The summed E-state index contributed by atoms with van der Waals surface area (Å²) in [4.78, 5) is 17.0. The van der Waals surface area contributed by atoms with E-state index in [4.69, 9.17) is 9.72 Å². The Labute approximate surface area is 169 Å². The lowest BCUT2D eigenvalue weighted by Crippen LogP contribution is -2.43. The Balaban J connectivity index is 1.73. The number of carbonyl (C=O) groups excluding carboxylic acids is 1. The highest BCUT2D eigenvalue weighted by Gasteiger charge is 2.30. The van der Waals surface area contributed by atoms with E-state index in [1.807, 2.05) is 42.5 Å². The molecule has 1 aliphatic rings. The minimum Gasteiger partial charge on any atom is -0.497 e. The minimum atomic E-state index is -0.278. The fourth-order valence-electron chi connectivity index (χ4n) is 3.91. The molecule has 1 amide bonds. The molecule has 1 N–H and O–H groups in total. The number of methoxy groups -OCH3 is 1. The number of hydrogen-bond donors (Lipinski definition) is 1. The number of piperidine rings is 1. The third-order valence-corrected chi connectivity index (χ3v) is 5.37. The van der Waals surface area contributed by atoms with E-state index in [1.54, 1.807) is 19.2 Å². The minimum absolute atomic E-state index is 0.0553. The zero-order valence-corrected chi connectivity index (χ0v) is 16.3. The van der Waals surface area contributed by atoms with Crippen LogP contribution in [0.2, 0.25) is 0 Å². The molecule has 0 radical (unpaired) electrons. The van der Waals surface area contributed by atoms with Gasteiger partial charge in [-0.25, -0.2) is 4.39 Å². The molecule has 0 saturated carbocycles. The summed E-state index contributed by atoms with van der Waals surface area (Å²) in [6.07, 6.45) is 2.25. The second-order valence-corrected chi connectivity index (χ2v) is 7.27. The van der Waals surface area contributed by atoms with Gasteiger partial charge in [0.2, 0.25) is 5.91 Å². The lowest BCUT2D eigenvalue weighted by molar-refractivity contribution is -0.123. The van der Waals surface area contributed by atoms with Crippen LogP contribution in [-0.2, 0) is 4.79 Å². The molecule has 148 valence electrons. The van der Waals surface area contributed by atoms with Crippen LogP contribution in [-0.4, -0.2) is 24.0 Å². The first-order chi connectivity index (χ1) is 14.1. The van der Waals surface area contributed by atoms with Crippen molar-refractivity contribution in [2.75, 3.05) is 7.11 Å². The molecular formula is C24H23FN2O2. The molecule has 2 aromatic carbocycles. The van der Waals surface area contributed by atoms with Gasteiger partial charge in [0.25, 0.3) is 0 Å². The molecule has 0 bridgehead atoms. The second-order valence-electron chi connectivity index (χ2n) is 7.27. The highest BCUT2D eigenvalue weighted by molar-refractivity contribution is 5.77. The van der Waals surface area contributed by atoms with Gasteiger partial charge in [0, 0.05) is 23.9 Å². The van der Waals surface area contributed by atoms with E-state index in [-0.39, 0.29) is 23.7 Å². The molecule has 29 heavy (non-hydrogen) atoms. The van der Waals surface area contributed by atoms with Crippen LogP contribution in [0.4, 0.5) is 4.39 Å². The maximum atomic E-state index is 13.5. The van der Waals surface area contributed by atoms with Crippen molar-refractivity contribution < 1.29 is 13.9 Å². The van der Waals surface area contributed by atoms with Crippen molar-refractivity contribution in [3.05, 3.63) is 83.8 Å². The summed E-state index contributed by atoms with van der Waals surface area (Å²) in [6, 6.07) is 20.1. The molecule has 0 aliphatic carbocycles. The van der Waals surface area contributed by atoms with Gasteiger partial charge in [0.05, 0.1) is 18.5 Å². The monoisotopic (exact) mass is 390 g/mol. The number of aromatic nitrogens is 1. The van der Waals surface area contributed by atoms with E-state index in [0.29, 0.717) is 6.42 Å². The number of halogens is 1. The van der Waals surface area contributed by atoms with Crippen LogP contribution in [0.15, 0.2) is 66.7 Å². The number of nitrogens with zero attached hydrogens (tertiary/aromatic N) is 1. The smallest absolute Gasteiger partial charge is 0.220 e. The Morgan fingerprint density at radius 1 is 1.07 bits per heavy atom. The van der Waals surface area contributed by atoms with Gasteiger partial charge in [0.15, 0.2) is 0 Å². The van der Waals surface area contributed by atoms with E-state index < -0.39 is 0 Å². The molecule has 5 heteroatoms. The van der Waals surface area contributed by atoms with Crippen LogP contribution in [0, 0.1) is 5.82 Å². The lowest BCUT2D eigenvalue weighted by atomic mass is 9.83. The summed E-state index contributed by atoms with van der Waals surface area (Å²) in [5.74, 6) is 0.428. The number of nitrogens with one attached hydrogen (secondary N) is 1. The van der Waals surface area contributed by atoms with E-state index in [1.165, 1.54) is 12.1 Å². The van der Waals surface area contributed by atoms with Crippen LogP contribution in [0.25, 0.3) is 11.3 Å². The van der Waals surface area contributed by atoms with Crippen LogP contribution in [0.3, 0.4) is 0 Å². The highest BCUT2D eigenvalue weighted by Crippen LogP contribution is 2.32. The first-order valence-corrected chi connectivity index (χ1v) is 9.80. The Morgan fingerprint density at radius 3 is 2.52 bits per heavy atom. The number of carbonyl (C=O) groups is 1. The Hall–Kier alpha value is -3.21. The van der Waals surface area contributed by atoms with Crippen LogP contribution in [0.1, 0.15) is 36.4 Å². The number of ether oxygens (including phenoxy) is 1. The summed E-state index contributed by atoms with van der Waals surface area (Å²) >= 11 is 0. The fourth-order valence-corrected chi connectivity index (χ4v) is 3.91. The van der Waals surface area contributed by atoms with Gasteiger partial charge in [-0.2, -0.15) is 0 Å². The Bertz CT molecular complexity index is 987. The van der Waals surface area contributed by atoms with E-state index in [9.17, 15) is 9.18 Å². The third kappa shape index (κ3) is 4.29. The standard InChI is InChI=1S/C24H23FN2O2/c1-29-19-14-10-16(11-15-19)20-4-2-5-21(26-20)24(17-8-12-18(25)13-9-17)22-6-3-7-23(28)27-22/h2,4-5,8-15,22,24H,3,6-7H2,1H3,(H,27,28)/t22-,24+/m1/s1. The number of pyridine rings is 1. The zero-order valence-electron chi connectivity index (χ0n) is 16.3. The van der Waals surface area contributed by atoms with Crippen molar-refractivity contribution >= 4 is 5.91 Å². The molecular weight excluding hydrogens is 367 g/mol. The highest BCUT2D eigenvalue weighted by atomic mass is 19.1. The van der Waals surface area contributed by atoms with Crippen molar-refractivity contribution in [2.24, 2.45) is 0 Å². The summed E-state index contributed by atoms with van der Waals surface area (Å²) in [5, 5.41) is 3.11. The van der Waals surface area contributed by atoms with Gasteiger partial charge in [-0.1, -0.05) is 18.2 Å². The van der Waals surface area contributed by atoms with Gasteiger partial charge in [-0.3, -0.25) is 9.78 Å². The maximum absolute atomic E-state index is 13.5. The molecule has 0 unspecified atom stereocenters. The molecule has 4 rings (SSSR count). The topological polar surface area (TPSA) is 51.2 Å². The van der Waals surface area contributed by atoms with Gasteiger partial charge < -0.3 is 10.1 Å². The molecule has 1 saturated heterocycles. The molecule has 2 atom stereocenters. The van der Waals surface area contributed by atoms with E-state index in [0.717, 1.165) is 41.1 Å². The summed E-state index contributed by atoms with van der Waals surface area (Å²) in [6.45, 7) is 0. The molecule has 1 aliphatic heterocycles. The van der Waals surface area contributed by atoms with Crippen molar-refractivity contribution in [3.63, 3.8) is 0 Å². The van der Waals surface area contributed by atoms with E-state index in [2.05, 4.69) is 5.32 Å². The SMILES string of the molecule is COc1ccc(-c2cccc([C@H](c3ccc(F)cc3)[C@H]3CCCC(=O)N3)n2)cc1. The van der Waals surface area contributed by atoms with Crippen molar-refractivity contribution in [3.8, 4) is 17.0 Å². The molecule has 3 aromatic rings. The predicted octanol–water partition coefficient (Wildman–Crippen LogP) is 4.70. The van der Waals surface area contributed by atoms with Gasteiger partial charge >= 0.3 is 0 Å².